The van der Waals surface area contributed by atoms with Crippen LogP contribution < -0.4 is 4.90 Å². The molecule has 0 radical (unpaired) electrons. The highest BCUT2D eigenvalue weighted by Gasteiger charge is 2.41. The van der Waals surface area contributed by atoms with Gasteiger partial charge in [0, 0.05) is 18.3 Å². The van der Waals surface area contributed by atoms with E-state index < -0.39 is 5.60 Å². The van der Waals surface area contributed by atoms with Crippen LogP contribution in [0.15, 0.2) is 18.2 Å². The molecule has 0 saturated carbocycles. The molecule has 1 saturated heterocycles. The zero-order valence-electron chi connectivity index (χ0n) is 12.9. The SMILES string of the molecule is CC(C)(C)OC(=O)CC1CCN2c3ccc(O)cc3CC12. The number of carbonyl (C=O) groups excluding carboxylic acids is 1. The first-order valence-electron chi connectivity index (χ1n) is 7.64. The molecule has 0 spiro atoms. The number of hydrogen-bond acceptors (Lipinski definition) is 4. The molecule has 0 aromatic heterocycles. The maximum absolute atomic E-state index is 12.0. The Morgan fingerprint density at radius 2 is 2.19 bits per heavy atom. The van der Waals surface area contributed by atoms with Crippen molar-refractivity contribution in [3.63, 3.8) is 0 Å². The number of phenolic OH excluding ortho intramolecular Hbond substituents is 1. The standard InChI is InChI=1S/C17H23NO3/c1-17(2,3)21-16(20)10-11-6-7-18-14-5-4-13(19)8-12(14)9-15(11)18/h4-5,8,11,15,19H,6-7,9-10H2,1-3H3. The summed E-state index contributed by atoms with van der Waals surface area (Å²) in [6.07, 6.45) is 2.43. The van der Waals surface area contributed by atoms with Crippen molar-refractivity contribution >= 4 is 11.7 Å². The lowest BCUT2D eigenvalue weighted by Crippen LogP contribution is -2.32. The Bertz CT molecular complexity index is 562. The molecule has 2 aliphatic rings. The molecule has 21 heavy (non-hydrogen) atoms. The van der Waals surface area contributed by atoms with Crippen molar-refractivity contribution in [1.82, 2.24) is 0 Å². The molecule has 4 heteroatoms. The molecule has 2 unspecified atom stereocenters. The average molecular weight is 289 g/mol. The zero-order chi connectivity index (χ0) is 15.2. The number of benzene rings is 1. The van der Waals surface area contributed by atoms with Crippen LogP contribution in [-0.2, 0) is 16.0 Å². The highest BCUT2D eigenvalue weighted by atomic mass is 16.6. The van der Waals surface area contributed by atoms with E-state index >= 15 is 0 Å². The number of anilines is 1. The minimum absolute atomic E-state index is 0.104. The smallest absolute Gasteiger partial charge is 0.306 e. The molecule has 2 aliphatic heterocycles. The van der Waals surface area contributed by atoms with E-state index in [0.29, 0.717) is 24.1 Å². The van der Waals surface area contributed by atoms with Crippen LogP contribution >= 0.6 is 0 Å². The number of fused-ring (bicyclic) bond motifs is 3. The van der Waals surface area contributed by atoms with Crippen molar-refractivity contribution in [1.29, 1.82) is 0 Å². The van der Waals surface area contributed by atoms with Crippen LogP contribution in [0, 0.1) is 5.92 Å². The van der Waals surface area contributed by atoms with Gasteiger partial charge >= 0.3 is 5.97 Å². The summed E-state index contributed by atoms with van der Waals surface area (Å²) in [4.78, 5) is 14.4. The van der Waals surface area contributed by atoms with Crippen molar-refractivity contribution in [3.05, 3.63) is 23.8 Å². The minimum atomic E-state index is -0.417. The summed E-state index contributed by atoms with van der Waals surface area (Å²) >= 11 is 0. The Hall–Kier alpha value is -1.71. The van der Waals surface area contributed by atoms with E-state index in [1.165, 1.54) is 11.3 Å². The van der Waals surface area contributed by atoms with E-state index in [1.807, 2.05) is 32.9 Å². The highest BCUT2D eigenvalue weighted by molar-refractivity contribution is 5.71. The van der Waals surface area contributed by atoms with Crippen LogP contribution in [0.5, 0.6) is 5.75 Å². The molecule has 1 aromatic carbocycles. The Balaban J connectivity index is 1.68. The van der Waals surface area contributed by atoms with E-state index in [9.17, 15) is 9.90 Å². The Labute approximate surface area is 125 Å². The third-order valence-electron chi connectivity index (χ3n) is 4.34. The summed E-state index contributed by atoms with van der Waals surface area (Å²) in [6, 6.07) is 5.94. The van der Waals surface area contributed by atoms with Crippen molar-refractivity contribution in [2.75, 3.05) is 11.4 Å². The number of rotatable bonds is 2. The molecule has 114 valence electrons. The minimum Gasteiger partial charge on any atom is -0.508 e. The third kappa shape index (κ3) is 2.85. The van der Waals surface area contributed by atoms with Gasteiger partial charge in [-0.25, -0.2) is 0 Å². The fourth-order valence-corrected chi connectivity index (χ4v) is 3.57. The highest BCUT2D eigenvalue weighted by Crippen LogP contribution is 2.42. The lowest BCUT2D eigenvalue weighted by Gasteiger charge is -2.24. The van der Waals surface area contributed by atoms with Crippen LogP contribution in [0.25, 0.3) is 0 Å². The van der Waals surface area contributed by atoms with E-state index in [0.717, 1.165) is 19.4 Å². The molecule has 4 nitrogen and oxygen atoms in total. The molecule has 0 aliphatic carbocycles. The predicted octanol–water partition coefficient (Wildman–Crippen LogP) is 2.88. The second-order valence-electron chi connectivity index (χ2n) is 7.12. The lowest BCUT2D eigenvalue weighted by atomic mass is 9.93. The molecule has 2 heterocycles. The van der Waals surface area contributed by atoms with Crippen molar-refractivity contribution in [3.8, 4) is 5.75 Å². The van der Waals surface area contributed by atoms with Crippen molar-refractivity contribution in [2.45, 2.75) is 51.7 Å². The predicted molar refractivity (Wildman–Crippen MR) is 81.5 cm³/mol. The van der Waals surface area contributed by atoms with Crippen LogP contribution in [0.1, 0.15) is 39.2 Å². The van der Waals surface area contributed by atoms with E-state index in [4.69, 9.17) is 4.74 Å². The van der Waals surface area contributed by atoms with Gasteiger partial charge in [-0.3, -0.25) is 4.79 Å². The lowest BCUT2D eigenvalue weighted by molar-refractivity contribution is -0.156. The monoisotopic (exact) mass is 289 g/mol. The van der Waals surface area contributed by atoms with Gasteiger partial charge in [0.05, 0.1) is 6.42 Å². The Morgan fingerprint density at radius 1 is 1.43 bits per heavy atom. The molecular formula is C17H23NO3. The number of esters is 1. The van der Waals surface area contributed by atoms with E-state index in [-0.39, 0.29) is 5.97 Å². The van der Waals surface area contributed by atoms with Crippen LogP contribution in [-0.4, -0.2) is 29.3 Å². The fourth-order valence-electron chi connectivity index (χ4n) is 3.57. The summed E-state index contributed by atoms with van der Waals surface area (Å²) in [6.45, 7) is 6.69. The molecule has 1 N–H and O–H groups in total. The quantitative estimate of drug-likeness (QED) is 0.851. The zero-order valence-corrected chi connectivity index (χ0v) is 12.9. The Kier molecular flexibility index (Phi) is 3.34. The summed E-state index contributed by atoms with van der Waals surface area (Å²) < 4.78 is 5.45. The Morgan fingerprint density at radius 3 is 2.90 bits per heavy atom. The van der Waals surface area contributed by atoms with Crippen molar-refractivity contribution in [2.24, 2.45) is 5.92 Å². The molecule has 0 bridgehead atoms. The number of aromatic hydroxyl groups is 1. The summed E-state index contributed by atoms with van der Waals surface area (Å²) in [5.74, 6) is 0.557. The van der Waals surface area contributed by atoms with Gasteiger partial charge < -0.3 is 14.7 Å². The van der Waals surface area contributed by atoms with Crippen LogP contribution in [0.3, 0.4) is 0 Å². The van der Waals surface area contributed by atoms with Gasteiger partial charge in [0.1, 0.15) is 11.4 Å². The average Bonchev–Trinajstić information content (AvgIpc) is 2.86. The summed E-state index contributed by atoms with van der Waals surface area (Å²) in [5.41, 5.74) is 1.98. The number of carbonyl (C=O) groups is 1. The van der Waals surface area contributed by atoms with Gasteiger partial charge in [0.25, 0.3) is 0 Å². The van der Waals surface area contributed by atoms with Gasteiger partial charge in [-0.05, 0) is 63.3 Å². The largest absolute Gasteiger partial charge is 0.508 e. The topological polar surface area (TPSA) is 49.8 Å². The van der Waals surface area contributed by atoms with Gasteiger partial charge in [-0.2, -0.15) is 0 Å². The normalized spacial score (nSPS) is 23.9. The van der Waals surface area contributed by atoms with Crippen molar-refractivity contribution < 1.29 is 14.6 Å². The third-order valence-corrected chi connectivity index (χ3v) is 4.34. The second kappa shape index (κ2) is 4.93. The second-order valence-corrected chi connectivity index (χ2v) is 7.12. The molecule has 1 aromatic rings. The van der Waals surface area contributed by atoms with E-state index in [2.05, 4.69) is 4.90 Å². The number of phenols is 1. The molecule has 3 rings (SSSR count). The van der Waals surface area contributed by atoms with E-state index in [1.54, 1.807) is 6.07 Å². The van der Waals surface area contributed by atoms with Gasteiger partial charge in [0.15, 0.2) is 0 Å². The maximum atomic E-state index is 12.0. The molecule has 0 amide bonds. The molecule has 2 atom stereocenters. The first-order valence-corrected chi connectivity index (χ1v) is 7.64. The molecule has 1 fully saturated rings. The van der Waals surface area contributed by atoms with Crippen LogP contribution in [0.2, 0.25) is 0 Å². The first kappa shape index (κ1) is 14.2. The number of hydrogen-bond donors (Lipinski definition) is 1. The summed E-state index contributed by atoms with van der Waals surface area (Å²) in [5, 5.41) is 9.61. The van der Waals surface area contributed by atoms with Gasteiger partial charge in [-0.15, -0.1) is 0 Å². The van der Waals surface area contributed by atoms with Crippen LogP contribution in [0.4, 0.5) is 5.69 Å². The maximum Gasteiger partial charge on any atom is 0.306 e. The summed E-state index contributed by atoms with van der Waals surface area (Å²) in [7, 11) is 0. The molecular weight excluding hydrogens is 266 g/mol. The first-order chi connectivity index (χ1) is 9.83. The van der Waals surface area contributed by atoms with Gasteiger partial charge in [0.2, 0.25) is 0 Å². The fraction of sp³-hybridized carbons (Fsp3) is 0.588. The number of nitrogens with zero attached hydrogens (tertiary/aromatic N) is 1. The number of ether oxygens (including phenoxy) is 1. The van der Waals surface area contributed by atoms with Gasteiger partial charge in [-0.1, -0.05) is 0 Å².